The average molecular weight is 326 g/mol. The second-order valence-corrected chi connectivity index (χ2v) is 7.72. The third kappa shape index (κ3) is 3.62. The van der Waals surface area contributed by atoms with Crippen molar-refractivity contribution in [3.05, 3.63) is 82.9 Å². The SMILES string of the molecule is CC(C)=C(c1ccccc1)S(=O)(=O)C(=C(C)C)c1ccccc1. The van der Waals surface area contributed by atoms with Crippen LogP contribution in [0.2, 0.25) is 0 Å². The predicted molar refractivity (Wildman–Crippen MR) is 98.3 cm³/mol. The molecule has 0 aliphatic carbocycles. The maximum absolute atomic E-state index is 13.4. The molecule has 0 aromatic heterocycles. The fourth-order valence-corrected chi connectivity index (χ4v) is 4.88. The monoisotopic (exact) mass is 326 g/mol. The molecule has 0 bridgehead atoms. The van der Waals surface area contributed by atoms with Crippen LogP contribution in [-0.2, 0) is 9.84 Å². The molecular formula is C20H22O2S. The van der Waals surface area contributed by atoms with Gasteiger partial charge < -0.3 is 0 Å². The van der Waals surface area contributed by atoms with E-state index < -0.39 is 9.84 Å². The molecule has 2 aromatic carbocycles. The normalized spacial score (nSPS) is 11.0. The summed E-state index contributed by atoms with van der Waals surface area (Å²) in [5.41, 5.74) is 3.01. The van der Waals surface area contributed by atoms with E-state index in [9.17, 15) is 8.42 Å². The van der Waals surface area contributed by atoms with Crippen molar-refractivity contribution >= 4 is 19.6 Å². The molecule has 3 heteroatoms. The number of sulfone groups is 1. The van der Waals surface area contributed by atoms with Crippen molar-refractivity contribution in [3.63, 3.8) is 0 Å². The van der Waals surface area contributed by atoms with Gasteiger partial charge in [-0.05, 0) is 38.8 Å². The summed E-state index contributed by atoms with van der Waals surface area (Å²) >= 11 is 0. The highest BCUT2D eigenvalue weighted by atomic mass is 32.2. The van der Waals surface area contributed by atoms with Crippen LogP contribution in [0.5, 0.6) is 0 Å². The van der Waals surface area contributed by atoms with Crippen LogP contribution < -0.4 is 0 Å². The summed E-state index contributed by atoms with van der Waals surface area (Å²) in [6.07, 6.45) is 0. The van der Waals surface area contributed by atoms with Crippen molar-refractivity contribution < 1.29 is 8.42 Å². The van der Waals surface area contributed by atoms with Crippen molar-refractivity contribution in [1.29, 1.82) is 0 Å². The van der Waals surface area contributed by atoms with Gasteiger partial charge in [-0.15, -0.1) is 0 Å². The molecule has 0 fully saturated rings. The molecule has 23 heavy (non-hydrogen) atoms. The van der Waals surface area contributed by atoms with Gasteiger partial charge in [-0.1, -0.05) is 71.8 Å². The Kier molecular flexibility index (Phi) is 5.22. The third-order valence-electron chi connectivity index (χ3n) is 3.52. The minimum absolute atomic E-state index is 0.387. The quantitative estimate of drug-likeness (QED) is 0.763. The molecule has 2 nitrogen and oxygen atoms in total. The molecule has 0 saturated carbocycles. The average Bonchev–Trinajstić information content (AvgIpc) is 2.48. The summed E-state index contributed by atoms with van der Waals surface area (Å²) in [5.74, 6) is 0. The Morgan fingerprint density at radius 3 is 1.17 bits per heavy atom. The molecule has 0 saturated heterocycles. The van der Waals surface area contributed by atoms with E-state index in [-0.39, 0.29) is 0 Å². The van der Waals surface area contributed by atoms with Crippen molar-refractivity contribution in [2.24, 2.45) is 0 Å². The largest absolute Gasteiger partial charge is 0.218 e. The molecule has 0 amide bonds. The smallest absolute Gasteiger partial charge is 0.207 e. The lowest BCUT2D eigenvalue weighted by molar-refractivity contribution is 0.614. The third-order valence-corrected chi connectivity index (χ3v) is 5.88. The highest BCUT2D eigenvalue weighted by molar-refractivity contribution is 8.09. The van der Waals surface area contributed by atoms with Gasteiger partial charge in [-0.3, -0.25) is 0 Å². The number of rotatable bonds is 4. The van der Waals surface area contributed by atoms with Gasteiger partial charge in [-0.2, -0.15) is 0 Å². The second-order valence-electron chi connectivity index (χ2n) is 5.89. The molecule has 0 N–H and O–H groups in total. The number of hydrogen-bond donors (Lipinski definition) is 0. The van der Waals surface area contributed by atoms with Gasteiger partial charge in [0.1, 0.15) is 0 Å². The standard InChI is InChI=1S/C20H22O2S/c1-15(2)19(17-11-7-5-8-12-17)23(21,22)20(16(3)4)18-13-9-6-10-14-18/h5-14H,1-4H3. The van der Waals surface area contributed by atoms with Gasteiger partial charge >= 0.3 is 0 Å². The first kappa shape index (κ1) is 17.2. The zero-order valence-corrected chi connectivity index (χ0v) is 14.8. The Balaban J connectivity index is 2.73. The minimum atomic E-state index is -3.61. The molecular weight excluding hydrogens is 304 g/mol. The molecule has 2 rings (SSSR count). The Morgan fingerprint density at radius 2 is 0.913 bits per heavy atom. The van der Waals surface area contributed by atoms with E-state index in [0.29, 0.717) is 9.81 Å². The van der Waals surface area contributed by atoms with E-state index >= 15 is 0 Å². The van der Waals surface area contributed by atoms with Crippen molar-refractivity contribution in [1.82, 2.24) is 0 Å². The van der Waals surface area contributed by atoms with Crippen LogP contribution >= 0.6 is 0 Å². The van der Waals surface area contributed by atoms with Crippen LogP contribution in [0.4, 0.5) is 0 Å². The zero-order valence-electron chi connectivity index (χ0n) is 14.0. The van der Waals surface area contributed by atoms with Gasteiger partial charge in [0.05, 0.1) is 9.81 Å². The molecule has 0 spiro atoms. The summed E-state index contributed by atoms with van der Waals surface area (Å²) in [6, 6.07) is 18.6. The van der Waals surface area contributed by atoms with Crippen LogP contribution in [0.1, 0.15) is 38.8 Å². The molecule has 0 heterocycles. The number of hydrogen-bond acceptors (Lipinski definition) is 2. The minimum Gasteiger partial charge on any atom is -0.218 e. The molecule has 0 unspecified atom stereocenters. The molecule has 2 aromatic rings. The number of allylic oxidation sites excluding steroid dienone is 2. The zero-order chi connectivity index (χ0) is 17.0. The predicted octanol–water partition coefficient (Wildman–Crippen LogP) is 5.30. The van der Waals surface area contributed by atoms with Crippen LogP contribution in [-0.4, -0.2) is 8.42 Å². The summed E-state index contributed by atoms with van der Waals surface area (Å²) in [5, 5.41) is 0. The summed E-state index contributed by atoms with van der Waals surface area (Å²) < 4.78 is 26.8. The van der Waals surface area contributed by atoms with Crippen LogP contribution in [0.3, 0.4) is 0 Å². The number of benzene rings is 2. The molecule has 0 aliphatic heterocycles. The topological polar surface area (TPSA) is 34.1 Å². The van der Waals surface area contributed by atoms with E-state index in [2.05, 4.69) is 0 Å². The van der Waals surface area contributed by atoms with E-state index in [1.165, 1.54) is 0 Å². The highest BCUT2D eigenvalue weighted by Crippen LogP contribution is 2.36. The maximum atomic E-state index is 13.4. The second kappa shape index (κ2) is 6.97. The summed E-state index contributed by atoms with van der Waals surface area (Å²) in [7, 11) is -3.61. The Bertz CT molecular complexity index is 768. The highest BCUT2D eigenvalue weighted by Gasteiger charge is 2.27. The van der Waals surface area contributed by atoms with Crippen molar-refractivity contribution in [2.45, 2.75) is 27.7 Å². The first-order valence-electron chi connectivity index (χ1n) is 7.56. The van der Waals surface area contributed by atoms with Crippen LogP contribution in [0.25, 0.3) is 9.81 Å². The van der Waals surface area contributed by atoms with Gasteiger partial charge in [0.15, 0.2) is 0 Å². The van der Waals surface area contributed by atoms with Crippen LogP contribution in [0.15, 0.2) is 71.8 Å². The Morgan fingerprint density at radius 1 is 0.609 bits per heavy atom. The van der Waals surface area contributed by atoms with Crippen LogP contribution in [0, 0.1) is 0 Å². The summed E-state index contributed by atoms with van der Waals surface area (Å²) in [6.45, 7) is 7.36. The molecule has 0 atom stereocenters. The first-order chi connectivity index (χ1) is 10.9. The van der Waals surface area contributed by atoms with E-state index in [0.717, 1.165) is 22.3 Å². The molecule has 0 radical (unpaired) electrons. The fraction of sp³-hybridized carbons (Fsp3) is 0.200. The molecule has 120 valence electrons. The lowest BCUT2D eigenvalue weighted by atomic mass is 10.1. The Hall–Kier alpha value is -2.13. The van der Waals surface area contributed by atoms with Gasteiger partial charge in [0.2, 0.25) is 9.84 Å². The van der Waals surface area contributed by atoms with Gasteiger partial charge in [0.25, 0.3) is 0 Å². The van der Waals surface area contributed by atoms with E-state index in [1.54, 1.807) is 0 Å². The van der Waals surface area contributed by atoms with E-state index in [4.69, 9.17) is 0 Å². The van der Waals surface area contributed by atoms with Gasteiger partial charge in [0, 0.05) is 0 Å². The molecule has 0 aliphatic rings. The van der Waals surface area contributed by atoms with E-state index in [1.807, 2.05) is 88.4 Å². The summed E-state index contributed by atoms with van der Waals surface area (Å²) in [4.78, 5) is 0.774. The lowest BCUT2D eigenvalue weighted by Crippen LogP contribution is -2.09. The van der Waals surface area contributed by atoms with Crippen molar-refractivity contribution in [2.75, 3.05) is 0 Å². The fourth-order valence-electron chi connectivity index (χ4n) is 2.71. The van der Waals surface area contributed by atoms with Gasteiger partial charge in [-0.25, -0.2) is 8.42 Å². The van der Waals surface area contributed by atoms with Crippen molar-refractivity contribution in [3.8, 4) is 0 Å². The first-order valence-corrected chi connectivity index (χ1v) is 9.05. The lowest BCUT2D eigenvalue weighted by Gasteiger charge is -2.16. The maximum Gasteiger partial charge on any atom is 0.207 e. The Labute approximate surface area is 139 Å².